The van der Waals surface area contributed by atoms with Crippen LogP contribution in [0.25, 0.3) is 0 Å². The molecule has 208 valence electrons. The molecular formula is C31H39N9. The first-order valence-electron chi connectivity index (χ1n) is 14.4. The summed E-state index contributed by atoms with van der Waals surface area (Å²) in [5, 5.41) is 0. The van der Waals surface area contributed by atoms with E-state index in [0.717, 1.165) is 81.2 Å². The monoisotopic (exact) mass is 537 g/mol. The van der Waals surface area contributed by atoms with Crippen molar-refractivity contribution in [1.29, 1.82) is 0 Å². The molecule has 0 aliphatic carbocycles. The normalized spacial score (nSPS) is 20.1. The van der Waals surface area contributed by atoms with Gasteiger partial charge in [-0.05, 0) is 50.8 Å². The van der Waals surface area contributed by atoms with Gasteiger partial charge in [0.15, 0.2) is 5.82 Å². The molecular weight excluding hydrogens is 498 g/mol. The Morgan fingerprint density at radius 3 is 2.62 bits per heavy atom. The minimum absolute atomic E-state index is 0.0478. The number of benzene rings is 1. The Labute approximate surface area is 236 Å². The maximum Gasteiger partial charge on any atom is 0.207 e. The van der Waals surface area contributed by atoms with Crippen molar-refractivity contribution in [3.63, 3.8) is 0 Å². The lowest BCUT2D eigenvalue weighted by molar-refractivity contribution is 0.297. The van der Waals surface area contributed by atoms with Gasteiger partial charge >= 0.3 is 0 Å². The van der Waals surface area contributed by atoms with Crippen molar-refractivity contribution in [1.82, 2.24) is 24.4 Å². The molecule has 0 saturated carbocycles. The molecule has 1 aromatic carbocycles. The fourth-order valence-corrected chi connectivity index (χ4v) is 6.00. The van der Waals surface area contributed by atoms with Gasteiger partial charge < -0.3 is 20.1 Å². The van der Waals surface area contributed by atoms with Crippen molar-refractivity contribution in [2.75, 3.05) is 36.0 Å². The second-order valence-electron chi connectivity index (χ2n) is 10.9. The second kappa shape index (κ2) is 11.6. The van der Waals surface area contributed by atoms with Crippen molar-refractivity contribution in [3.8, 4) is 0 Å². The van der Waals surface area contributed by atoms with Crippen molar-refractivity contribution >= 4 is 17.7 Å². The van der Waals surface area contributed by atoms with Crippen LogP contribution in [0.1, 0.15) is 48.6 Å². The molecule has 6 rings (SSSR count). The summed E-state index contributed by atoms with van der Waals surface area (Å²) < 4.78 is 2.45. The third kappa shape index (κ3) is 5.38. The number of guanidine groups is 1. The van der Waals surface area contributed by atoms with Crippen molar-refractivity contribution in [3.05, 3.63) is 89.6 Å². The van der Waals surface area contributed by atoms with E-state index in [0.29, 0.717) is 6.54 Å². The summed E-state index contributed by atoms with van der Waals surface area (Å²) >= 11 is 0. The zero-order valence-electron chi connectivity index (χ0n) is 23.5. The SMILES string of the molecule is Cc1ccccccnc(CN2C3=NCCN3c3nc(N4CCC[C@@H](N)C4)n(CCc4ccccc4)c3C2C)n1. The lowest BCUT2D eigenvalue weighted by Crippen LogP contribution is -2.48. The average Bonchev–Trinajstić information content (AvgIpc) is 3.59. The minimum Gasteiger partial charge on any atom is -0.341 e. The van der Waals surface area contributed by atoms with Gasteiger partial charge in [0.1, 0.15) is 5.82 Å². The Hall–Kier alpha value is -3.98. The minimum atomic E-state index is 0.0478. The molecule has 5 heterocycles. The van der Waals surface area contributed by atoms with Crippen LogP contribution in [0.2, 0.25) is 0 Å². The van der Waals surface area contributed by atoms with E-state index in [9.17, 15) is 0 Å². The first-order valence-corrected chi connectivity index (χ1v) is 14.4. The zero-order valence-corrected chi connectivity index (χ0v) is 23.5. The number of nitrogens with two attached hydrogens (primary N) is 1. The smallest absolute Gasteiger partial charge is 0.207 e. The van der Waals surface area contributed by atoms with E-state index in [-0.39, 0.29) is 12.1 Å². The van der Waals surface area contributed by atoms with Crippen LogP contribution in [0, 0.1) is 6.92 Å². The number of aromatic nitrogens is 4. The number of rotatable bonds is 6. The van der Waals surface area contributed by atoms with E-state index >= 15 is 0 Å². The van der Waals surface area contributed by atoms with Gasteiger partial charge in [-0.1, -0.05) is 48.5 Å². The van der Waals surface area contributed by atoms with E-state index < -0.39 is 0 Å². The fraction of sp³-hybridized carbons (Fsp3) is 0.419. The van der Waals surface area contributed by atoms with Crippen LogP contribution in [-0.2, 0) is 19.5 Å². The largest absolute Gasteiger partial charge is 0.341 e. The van der Waals surface area contributed by atoms with Crippen molar-refractivity contribution in [2.24, 2.45) is 10.7 Å². The fourth-order valence-electron chi connectivity index (χ4n) is 6.00. The van der Waals surface area contributed by atoms with Crippen LogP contribution in [0.15, 0.2) is 71.9 Å². The number of fused-ring (bicyclic) bond motifs is 3. The molecule has 3 aromatic rings. The number of anilines is 2. The molecule has 0 bridgehead atoms. The van der Waals surface area contributed by atoms with Crippen molar-refractivity contribution in [2.45, 2.75) is 58.3 Å². The highest BCUT2D eigenvalue weighted by atomic mass is 15.5. The topological polar surface area (TPSA) is 91.7 Å². The summed E-state index contributed by atoms with van der Waals surface area (Å²) in [7, 11) is 0. The summed E-state index contributed by atoms with van der Waals surface area (Å²) in [6.07, 6.45) is 4.90. The Kier molecular flexibility index (Phi) is 7.64. The summed E-state index contributed by atoms with van der Waals surface area (Å²) in [5.74, 6) is 3.78. The number of aryl methyl sites for hydroxylation is 2. The number of hydrogen-bond donors (Lipinski definition) is 1. The summed E-state index contributed by atoms with van der Waals surface area (Å²) in [6.45, 7) is 9.07. The molecule has 2 aromatic heterocycles. The number of hydrogen-bond acceptors (Lipinski definition) is 8. The van der Waals surface area contributed by atoms with E-state index in [1.165, 1.54) is 11.3 Å². The predicted molar refractivity (Wildman–Crippen MR) is 160 cm³/mol. The van der Waals surface area contributed by atoms with Gasteiger partial charge in [0.25, 0.3) is 0 Å². The number of imidazole rings is 1. The molecule has 1 saturated heterocycles. The maximum absolute atomic E-state index is 6.44. The van der Waals surface area contributed by atoms with Crippen LogP contribution in [-0.4, -0.2) is 62.6 Å². The third-order valence-electron chi connectivity index (χ3n) is 7.97. The van der Waals surface area contributed by atoms with Crippen LogP contribution in [0.4, 0.5) is 11.8 Å². The molecule has 40 heavy (non-hydrogen) atoms. The van der Waals surface area contributed by atoms with Gasteiger partial charge in [-0.15, -0.1) is 0 Å². The Balaban J connectivity index is 1.41. The summed E-state index contributed by atoms with van der Waals surface area (Å²) in [6, 6.07) is 20.8. The van der Waals surface area contributed by atoms with E-state index in [4.69, 9.17) is 25.7 Å². The van der Waals surface area contributed by atoms with E-state index in [2.05, 4.69) is 56.5 Å². The molecule has 0 amide bonds. The molecule has 0 spiro atoms. The molecule has 9 nitrogen and oxygen atoms in total. The number of nitrogens with zero attached hydrogens (tertiary/aromatic N) is 8. The maximum atomic E-state index is 6.44. The summed E-state index contributed by atoms with van der Waals surface area (Å²) in [4.78, 5) is 26.9. The molecule has 3 aliphatic rings. The quantitative estimate of drug-likeness (QED) is 0.508. The average molecular weight is 538 g/mol. The molecule has 0 radical (unpaired) electrons. The Morgan fingerprint density at radius 2 is 1.77 bits per heavy atom. The van der Waals surface area contributed by atoms with Gasteiger partial charge in [0, 0.05) is 44.1 Å². The highest BCUT2D eigenvalue weighted by Gasteiger charge is 2.41. The standard InChI is InChI=1S/C31H39N9/c1-23-11-6-3-4-9-16-33-27(35-23)22-40-24(2)28-29(39-20-17-34-30(39)40)36-31(37-18-10-14-26(32)21-37)38(28)19-15-25-12-7-5-8-13-25/h3-9,11-13,16,24,26H,10,14-15,17-22,32H2,1-2H3/t24?,26-/m1/s1. The van der Waals surface area contributed by atoms with Gasteiger partial charge in [0.2, 0.25) is 11.9 Å². The predicted octanol–water partition coefficient (Wildman–Crippen LogP) is 4.03. The number of aliphatic imine (C=N–C) groups is 1. The molecule has 1 fully saturated rings. The Bertz CT molecular complexity index is 1420. The second-order valence-corrected chi connectivity index (χ2v) is 10.9. The lowest BCUT2D eigenvalue weighted by Gasteiger charge is -2.40. The molecule has 3 aliphatic heterocycles. The van der Waals surface area contributed by atoms with E-state index in [1.54, 1.807) is 0 Å². The molecule has 9 heteroatoms. The lowest BCUT2D eigenvalue weighted by atomic mass is 10.1. The van der Waals surface area contributed by atoms with Gasteiger partial charge in [-0.2, -0.15) is 4.98 Å². The van der Waals surface area contributed by atoms with Crippen molar-refractivity contribution < 1.29 is 0 Å². The van der Waals surface area contributed by atoms with Gasteiger partial charge in [-0.25, -0.2) is 9.97 Å². The molecule has 2 N–H and O–H groups in total. The first kappa shape index (κ1) is 26.3. The zero-order chi connectivity index (χ0) is 27.5. The summed E-state index contributed by atoms with van der Waals surface area (Å²) in [5.41, 5.74) is 9.91. The van der Waals surface area contributed by atoms with Crippen LogP contribution in [0.5, 0.6) is 0 Å². The van der Waals surface area contributed by atoms with Crippen LogP contribution < -0.4 is 15.5 Å². The Morgan fingerprint density at radius 1 is 0.975 bits per heavy atom. The van der Waals surface area contributed by atoms with Crippen LogP contribution in [0.3, 0.4) is 0 Å². The van der Waals surface area contributed by atoms with Crippen LogP contribution >= 0.6 is 0 Å². The van der Waals surface area contributed by atoms with Gasteiger partial charge in [0.05, 0.1) is 24.8 Å². The van der Waals surface area contributed by atoms with Gasteiger partial charge in [-0.3, -0.25) is 9.89 Å². The van der Waals surface area contributed by atoms with E-state index in [1.807, 2.05) is 43.5 Å². The highest BCUT2D eigenvalue weighted by molar-refractivity contribution is 5.99. The highest BCUT2D eigenvalue weighted by Crippen LogP contribution is 2.41. The first-order chi connectivity index (χ1) is 19.6. The molecule has 2 atom stereocenters. The number of piperidine rings is 1. The molecule has 1 unspecified atom stereocenters. The third-order valence-corrected chi connectivity index (χ3v) is 7.97.